The Balaban J connectivity index is 1.14. The molecular formula is C27H33F2N9O2S. The average Bonchev–Trinajstić information content (AvgIpc) is 3.63. The van der Waals surface area contributed by atoms with Crippen molar-refractivity contribution in [1.29, 1.82) is 0 Å². The van der Waals surface area contributed by atoms with Gasteiger partial charge in [0.2, 0.25) is 5.95 Å². The minimum absolute atomic E-state index is 0.0368. The van der Waals surface area contributed by atoms with Crippen molar-refractivity contribution in [3.05, 3.63) is 34.1 Å². The van der Waals surface area contributed by atoms with Crippen LogP contribution < -0.4 is 11.1 Å². The number of nitrogens with one attached hydrogen (secondary N) is 2. The number of fused-ring (bicyclic) bond motifs is 3. The van der Waals surface area contributed by atoms with Gasteiger partial charge in [-0.25, -0.2) is 15.0 Å². The molecule has 0 saturated carbocycles. The monoisotopic (exact) mass is 585 g/mol. The van der Waals surface area contributed by atoms with Crippen molar-refractivity contribution in [2.45, 2.75) is 69.8 Å². The first kappa shape index (κ1) is 27.6. The van der Waals surface area contributed by atoms with Gasteiger partial charge in [0, 0.05) is 36.3 Å². The lowest BCUT2D eigenvalue weighted by Gasteiger charge is -2.40. The largest absolute Gasteiger partial charge is 0.368 e. The molecule has 6 rings (SSSR count). The van der Waals surface area contributed by atoms with Gasteiger partial charge in [0.15, 0.2) is 5.13 Å². The van der Waals surface area contributed by atoms with Crippen LogP contribution in [-0.4, -0.2) is 79.0 Å². The first-order chi connectivity index (χ1) is 19.5. The zero-order chi connectivity index (χ0) is 28.9. The molecule has 11 nitrogen and oxygen atoms in total. The summed E-state index contributed by atoms with van der Waals surface area (Å²) in [5.41, 5.74) is 7.36. The Hall–Kier alpha value is -3.52. The van der Waals surface area contributed by atoms with E-state index in [0.29, 0.717) is 55.3 Å². The number of likely N-dealkylation sites (tertiary alicyclic amines) is 2. The second-order valence-corrected chi connectivity index (χ2v) is 12.5. The molecule has 2 fully saturated rings. The van der Waals surface area contributed by atoms with Gasteiger partial charge in [-0.05, 0) is 56.2 Å². The van der Waals surface area contributed by atoms with Gasteiger partial charge in [0.25, 0.3) is 11.8 Å². The average molecular weight is 586 g/mol. The van der Waals surface area contributed by atoms with Crippen molar-refractivity contribution < 1.29 is 18.4 Å². The van der Waals surface area contributed by atoms with Gasteiger partial charge in [-0.3, -0.25) is 20.0 Å². The predicted molar refractivity (Wildman–Crippen MR) is 150 cm³/mol. The highest BCUT2D eigenvalue weighted by Crippen LogP contribution is 2.43. The number of aromatic nitrogens is 5. The molecule has 3 aliphatic rings. The van der Waals surface area contributed by atoms with E-state index in [4.69, 9.17) is 5.73 Å². The SMILES string of the molecule is CC1(C)Cc2cnc(N)nc2-c2n[nH]c(C(=O)Nc3nc(C(F)(F)C(=O)N4CCC(N5CCCCC5)CC4)cs3)c21. The maximum Gasteiger partial charge on any atom is 0.367 e. The lowest BCUT2D eigenvalue weighted by molar-refractivity contribution is -0.161. The number of H-pyrrole nitrogens is 1. The van der Waals surface area contributed by atoms with Gasteiger partial charge < -0.3 is 15.5 Å². The Bertz CT molecular complexity index is 1470. The van der Waals surface area contributed by atoms with Crippen LogP contribution >= 0.6 is 11.3 Å². The topological polar surface area (TPSA) is 146 Å². The van der Waals surface area contributed by atoms with Crippen LogP contribution in [0.5, 0.6) is 0 Å². The smallest absolute Gasteiger partial charge is 0.367 e. The number of piperidine rings is 2. The summed E-state index contributed by atoms with van der Waals surface area (Å²) in [6.45, 7) is 6.61. The normalized spacial score (nSPS) is 19.5. The third-order valence-corrected chi connectivity index (χ3v) is 9.14. The summed E-state index contributed by atoms with van der Waals surface area (Å²) in [4.78, 5) is 42.2. The number of hydrogen-bond donors (Lipinski definition) is 3. The van der Waals surface area contributed by atoms with Crippen molar-refractivity contribution >= 4 is 34.2 Å². The number of anilines is 2. The first-order valence-electron chi connectivity index (χ1n) is 13.9. The maximum absolute atomic E-state index is 15.3. The summed E-state index contributed by atoms with van der Waals surface area (Å²) in [5, 5.41) is 10.8. The Labute approximate surface area is 239 Å². The highest BCUT2D eigenvalue weighted by Gasteiger charge is 2.47. The van der Waals surface area contributed by atoms with Crippen LogP contribution in [0.3, 0.4) is 0 Å². The second kappa shape index (κ2) is 10.4. The van der Waals surface area contributed by atoms with E-state index >= 15 is 8.78 Å². The van der Waals surface area contributed by atoms with Crippen LogP contribution in [0.2, 0.25) is 0 Å². The number of nitrogens with two attached hydrogens (primary N) is 1. The summed E-state index contributed by atoms with van der Waals surface area (Å²) in [6, 6.07) is 0.338. The number of rotatable bonds is 5. The second-order valence-electron chi connectivity index (χ2n) is 11.7. The molecule has 0 bridgehead atoms. The molecule has 1 aliphatic carbocycles. The zero-order valence-corrected chi connectivity index (χ0v) is 23.9. The molecule has 0 unspecified atom stereocenters. The van der Waals surface area contributed by atoms with E-state index in [2.05, 4.69) is 35.4 Å². The van der Waals surface area contributed by atoms with Crippen LogP contribution in [-0.2, 0) is 22.6 Å². The summed E-state index contributed by atoms with van der Waals surface area (Å²) < 4.78 is 30.6. The van der Waals surface area contributed by atoms with Crippen LogP contribution in [0.25, 0.3) is 11.4 Å². The molecule has 4 N–H and O–H groups in total. The number of halogens is 2. The van der Waals surface area contributed by atoms with E-state index < -0.39 is 28.8 Å². The fourth-order valence-corrected chi connectivity index (χ4v) is 7.04. The van der Waals surface area contributed by atoms with Crippen molar-refractivity contribution in [3.8, 4) is 11.4 Å². The van der Waals surface area contributed by atoms with Crippen molar-refractivity contribution in [1.82, 2.24) is 34.9 Å². The van der Waals surface area contributed by atoms with Gasteiger partial charge in [0.1, 0.15) is 17.1 Å². The highest BCUT2D eigenvalue weighted by molar-refractivity contribution is 7.14. The maximum atomic E-state index is 15.3. The molecule has 2 aliphatic heterocycles. The van der Waals surface area contributed by atoms with E-state index in [9.17, 15) is 9.59 Å². The molecule has 218 valence electrons. The summed E-state index contributed by atoms with van der Waals surface area (Å²) in [6.07, 6.45) is 7.16. The van der Waals surface area contributed by atoms with Crippen molar-refractivity contribution in [2.75, 3.05) is 37.2 Å². The molecule has 0 spiro atoms. The highest BCUT2D eigenvalue weighted by atomic mass is 32.1. The van der Waals surface area contributed by atoms with Crippen LogP contribution in [0.1, 0.15) is 73.3 Å². The van der Waals surface area contributed by atoms with Crippen LogP contribution in [0.15, 0.2) is 11.6 Å². The summed E-state index contributed by atoms with van der Waals surface area (Å²) >= 11 is 0.841. The molecule has 5 heterocycles. The van der Waals surface area contributed by atoms with Gasteiger partial charge in [-0.15, -0.1) is 11.3 Å². The van der Waals surface area contributed by atoms with E-state index in [1.807, 2.05) is 13.8 Å². The molecule has 0 aromatic carbocycles. The quantitative estimate of drug-likeness (QED) is 0.412. The molecule has 41 heavy (non-hydrogen) atoms. The lowest BCUT2D eigenvalue weighted by Crippen LogP contribution is -2.51. The minimum Gasteiger partial charge on any atom is -0.368 e. The number of hydrogen-bond acceptors (Lipinski definition) is 9. The molecule has 14 heteroatoms. The molecule has 3 aromatic rings. The molecular weight excluding hydrogens is 552 g/mol. The van der Waals surface area contributed by atoms with E-state index in [0.717, 1.165) is 35.4 Å². The van der Waals surface area contributed by atoms with Gasteiger partial charge >= 0.3 is 5.92 Å². The number of alkyl halides is 2. The van der Waals surface area contributed by atoms with Crippen molar-refractivity contribution in [2.24, 2.45) is 0 Å². The van der Waals surface area contributed by atoms with Gasteiger partial charge in [0.05, 0.1) is 5.69 Å². The van der Waals surface area contributed by atoms with E-state index in [1.165, 1.54) is 24.2 Å². The minimum atomic E-state index is -3.80. The first-order valence-corrected chi connectivity index (χ1v) is 14.8. The predicted octanol–water partition coefficient (Wildman–Crippen LogP) is 3.56. The molecule has 3 aromatic heterocycles. The number of nitrogen functional groups attached to an aromatic ring is 1. The third kappa shape index (κ3) is 5.07. The third-order valence-electron chi connectivity index (χ3n) is 8.38. The van der Waals surface area contributed by atoms with E-state index in [1.54, 1.807) is 6.20 Å². The number of carbonyl (C=O) groups excluding carboxylic acids is 2. The Morgan fingerprint density at radius 1 is 1.12 bits per heavy atom. The lowest BCUT2D eigenvalue weighted by atomic mass is 9.73. The zero-order valence-electron chi connectivity index (χ0n) is 23.0. The Morgan fingerprint density at radius 2 is 1.85 bits per heavy atom. The summed E-state index contributed by atoms with van der Waals surface area (Å²) in [5.74, 6) is -5.52. The number of aromatic amines is 1. The summed E-state index contributed by atoms with van der Waals surface area (Å²) in [7, 11) is 0. The van der Waals surface area contributed by atoms with Crippen LogP contribution in [0.4, 0.5) is 19.9 Å². The standard InChI is InChI=1S/C27H33F2N9O2S/c1-26(2)12-15-13-31-24(30)33-19(15)20-18(26)21(36-35-20)22(39)34-25-32-17(14-41-25)27(28,29)23(40)38-10-6-16(7-11-38)37-8-4-3-5-9-37/h13-14,16H,3-12H2,1-2H3,(H,35,36)(H2,30,31,33)(H,32,34,39). The fourth-order valence-electron chi connectivity index (χ4n) is 6.32. The van der Waals surface area contributed by atoms with E-state index in [-0.39, 0.29) is 16.8 Å². The van der Waals surface area contributed by atoms with Gasteiger partial charge in [-0.1, -0.05) is 20.3 Å². The number of carbonyl (C=O) groups is 2. The van der Waals surface area contributed by atoms with Crippen molar-refractivity contribution in [3.63, 3.8) is 0 Å². The molecule has 2 amide bonds. The number of amides is 2. The van der Waals surface area contributed by atoms with Crippen LogP contribution in [0, 0.1) is 0 Å². The Kier molecular flexibility index (Phi) is 7.00. The van der Waals surface area contributed by atoms with Gasteiger partial charge in [-0.2, -0.15) is 13.9 Å². The number of thiazole rings is 1. The molecule has 2 saturated heterocycles. The Morgan fingerprint density at radius 3 is 2.59 bits per heavy atom. The molecule has 0 radical (unpaired) electrons. The number of nitrogens with zero attached hydrogens (tertiary/aromatic N) is 6. The fraction of sp³-hybridized carbons (Fsp3) is 0.556. The molecule has 0 atom stereocenters.